The molecule has 1 aromatic heterocycles. The molecule has 8 heteroatoms. The second-order valence-electron chi connectivity index (χ2n) is 5.47. The van der Waals surface area contributed by atoms with Gasteiger partial charge in [-0.3, -0.25) is 9.78 Å². The van der Waals surface area contributed by atoms with E-state index in [2.05, 4.69) is 32.9 Å². The zero-order valence-corrected chi connectivity index (χ0v) is 16.2. The van der Waals surface area contributed by atoms with Crippen molar-refractivity contribution in [2.24, 2.45) is 0 Å². The molecule has 2 aromatic carbocycles. The number of fused-ring (bicyclic) bond motifs is 2. The van der Waals surface area contributed by atoms with E-state index in [9.17, 15) is 4.79 Å². The summed E-state index contributed by atoms with van der Waals surface area (Å²) < 4.78 is 17.1. The number of benzene rings is 2. The Morgan fingerprint density at radius 3 is 3.00 bits per heavy atom. The number of carbonyl (C=O) groups excluding carboxylic acids is 1. The molecule has 4 rings (SSSR count). The van der Waals surface area contributed by atoms with Crippen molar-refractivity contribution in [3.63, 3.8) is 0 Å². The zero-order valence-electron chi connectivity index (χ0n) is 13.3. The number of amides is 1. The van der Waals surface area contributed by atoms with Crippen LogP contribution in [0.4, 0.5) is 5.69 Å². The SMILES string of the molecule is O=C(COc1c(I)cc(Cl)c2cccnc12)Nc1ccc2c(c1)OCO2. The Morgan fingerprint density at radius 1 is 1.27 bits per heavy atom. The molecule has 2 heterocycles. The van der Waals surface area contributed by atoms with Crippen molar-refractivity contribution in [3.05, 3.63) is 51.2 Å². The van der Waals surface area contributed by atoms with E-state index in [0.29, 0.717) is 33.5 Å². The third-order valence-corrected chi connectivity index (χ3v) is 4.87. The van der Waals surface area contributed by atoms with Crippen LogP contribution in [0.25, 0.3) is 10.9 Å². The Bertz CT molecular complexity index is 1010. The second-order valence-corrected chi connectivity index (χ2v) is 7.04. The van der Waals surface area contributed by atoms with E-state index in [0.717, 1.165) is 8.96 Å². The topological polar surface area (TPSA) is 69.7 Å². The number of hydrogen-bond donors (Lipinski definition) is 1. The Hall–Kier alpha value is -2.26. The fourth-order valence-electron chi connectivity index (χ4n) is 2.59. The summed E-state index contributed by atoms with van der Waals surface area (Å²) >= 11 is 8.36. The molecule has 6 nitrogen and oxygen atoms in total. The molecule has 1 aliphatic rings. The highest BCUT2D eigenvalue weighted by atomic mass is 127. The predicted molar refractivity (Wildman–Crippen MR) is 106 cm³/mol. The maximum atomic E-state index is 12.2. The van der Waals surface area contributed by atoms with E-state index in [1.807, 2.05) is 6.07 Å². The maximum absolute atomic E-state index is 12.2. The maximum Gasteiger partial charge on any atom is 0.262 e. The highest BCUT2D eigenvalue weighted by Gasteiger charge is 2.16. The van der Waals surface area contributed by atoms with Crippen molar-refractivity contribution in [2.45, 2.75) is 0 Å². The van der Waals surface area contributed by atoms with E-state index in [1.165, 1.54) is 0 Å². The van der Waals surface area contributed by atoms with Crippen molar-refractivity contribution in [3.8, 4) is 17.2 Å². The lowest BCUT2D eigenvalue weighted by atomic mass is 10.2. The van der Waals surface area contributed by atoms with Crippen LogP contribution in [0.3, 0.4) is 0 Å². The van der Waals surface area contributed by atoms with Crippen molar-refractivity contribution in [2.75, 3.05) is 18.7 Å². The van der Waals surface area contributed by atoms with Crippen LogP contribution in [0, 0.1) is 3.57 Å². The lowest BCUT2D eigenvalue weighted by Crippen LogP contribution is -2.20. The highest BCUT2D eigenvalue weighted by molar-refractivity contribution is 14.1. The highest BCUT2D eigenvalue weighted by Crippen LogP contribution is 2.35. The number of aromatic nitrogens is 1. The number of nitrogens with one attached hydrogen (secondary N) is 1. The smallest absolute Gasteiger partial charge is 0.262 e. The first-order valence-electron chi connectivity index (χ1n) is 7.67. The van der Waals surface area contributed by atoms with Crippen molar-refractivity contribution < 1.29 is 19.0 Å². The van der Waals surface area contributed by atoms with E-state index in [1.54, 1.807) is 36.5 Å². The van der Waals surface area contributed by atoms with Crippen LogP contribution < -0.4 is 19.5 Å². The van der Waals surface area contributed by atoms with Crippen molar-refractivity contribution in [1.29, 1.82) is 0 Å². The Balaban J connectivity index is 1.49. The minimum Gasteiger partial charge on any atom is -0.480 e. The van der Waals surface area contributed by atoms with E-state index >= 15 is 0 Å². The molecule has 0 aliphatic carbocycles. The van der Waals surface area contributed by atoms with Gasteiger partial charge in [0.25, 0.3) is 5.91 Å². The molecule has 132 valence electrons. The summed E-state index contributed by atoms with van der Waals surface area (Å²) in [4.78, 5) is 16.6. The quantitative estimate of drug-likeness (QED) is 0.564. The summed E-state index contributed by atoms with van der Waals surface area (Å²) in [6.45, 7) is 0.0304. The Kier molecular flexibility index (Phi) is 4.73. The van der Waals surface area contributed by atoms with Gasteiger partial charge in [0.1, 0.15) is 5.52 Å². The van der Waals surface area contributed by atoms with E-state index < -0.39 is 0 Å². The summed E-state index contributed by atoms with van der Waals surface area (Å²) in [7, 11) is 0. The molecule has 0 bridgehead atoms. The molecule has 0 saturated carbocycles. The minimum absolute atomic E-state index is 0.155. The molecular weight excluding hydrogens is 471 g/mol. The summed E-state index contributed by atoms with van der Waals surface area (Å²) in [5.41, 5.74) is 1.23. The standard InChI is InChI=1S/C18H12ClIN2O4/c19-12-7-13(20)18(17-11(12)2-1-5-21-17)24-8-16(23)22-10-3-4-14-15(6-10)26-9-25-14/h1-7H,8-9H2,(H,22,23). The second kappa shape index (κ2) is 7.16. The third-order valence-electron chi connectivity index (χ3n) is 3.75. The third kappa shape index (κ3) is 3.36. The van der Waals surface area contributed by atoms with E-state index in [-0.39, 0.29) is 19.3 Å². The van der Waals surface area contributed by atoms with Gasteiger partial charge in [0.2, 0.25) is 6.79 Å². The number of anilines is 1. The molecule has 0 spiro atoms. The normalized spacial score (nSPS) is 12.2. The van der Waals surface area contributed by atoms with Gasteiger partial charge in [-0.05, 0) is 52.9 Å². The van der Waals surface area contributed by atoms with Crippen LogP contribution in [0.2, 0.25) is 5.02 Å². The molecule has 1 amide bonds. The fourth-order valence-corrected chi connectivity index (χ4v) is 3.76. The zero-order chi connectivity index (χ0) is 18.1. The number of nitrogens with zero attached hydrogens (tertiary/aromatic N) is 1. The number of ether oxygens (including phenoxy) is 3. The van der Waals surface area contributed by atoms with Gasteiger partial charge in [-0.15, -0.1) is 0 Å². The molecular formula is C18H12ClIN2O4. The fraction of sp³-hybridized carbons (Fsp3) is 0.111. The first kappa shape index (κ1) is 17.2. The molecule has 0 fully saturated rings. The molecule has 0 radical (unpaired) electrons. The largest absolute Gasteiger partial charge is 0.480 e. The summed E-state index contributed by atoms with van der Waals surface area (Å²) in [5, 5.41) is 4.14. The average molecular weight is 483 g/mol. The average Bonchev–Trinajstić information content (AvgIpc) is 3.09. The molecule has 0 atom stereocenters. The number of halogens is 2. The van der Waals surface area contributed by atoms with Gasteiger partial charge in [-0.25, -0.2) is 0 Å². The van der Waals surface area contributed by atoms with Crippen molar-refractivity contribution >= 4 is 56.7 Å². The molecule has 0 unspecified atom stereocenters. The molecule has 1 aliphatic heterocycles. The molecule has 3 aromatic rings. The van der Waals surface area contributed by atoms with Crippen LogP contribution in [0.15, 0.2) is 42.6 Å². The molecule has 26 heavy (non-hydrogen) atoms. The molecule has 1 N–H and O–H groups in total. The lowest BCUT2D eigenvalue weighted by Gasteiger charge is -2.12. The first-order valence-corrected chi connectivity index (χ1v) is 9.12. The van der Waals surface area contributed by atoms with Gasteiger partial charge in [-0.1, -0.05) is 11.6 Å². The van der Waals surface area contributed by atoms with Gasteiger partial charge in [-0.2, -0.15) is 0 Å². The van der Waals surface area contributed by atoms with Crippen LogP contribution >= 0.6 is 34.2 Å². The Labute approximate surface area is 167 Å². The number of carbonyl (C=O) groups is 1. The molecule has 0 saturated heterocycles. The predicted octanol–water partition coefficient (Wildman–Crippen LogP) is 4.24. The minimum atomic E-state index is -0.293. The lowest BCUT2D eigenvalue weighted by molar-refractivity contribution is -0.118. The monoisotopic (exact) mass is 482 g/mol. The van der Waals surface area contributed by atoms with E-state index in [4.69, 9.17) is 25.8 Å². The summed E-state index contributed by atoms with van der Waals surface area (Å²) in [6.07, 6.45) is 1.66. The van der Waals surface area contributed by atoms with Crippen LogP contribution in [-0.2, 0) is 4.79 Å². The van der Waals surface area contributed by atoms with Gasteiger partial charge >= 0.3 is 0 Å². The van der Waals surface area contributed by atoms with Gasteiger partial charge in [0.05, 0.1) is 8.59 Å². The summed E-state index contributed by atoms with van der Waals surface area (Å²) in [5.74, 6) is 1.50. The van der Waals surface area contributed by atoms with Crippen molar-refractivity contribution in [1.82, 2.24) is 4.98 Å². The first-order chi connectivity index (χ1) is 12.6. The summed E-state index contributed by atoms with van der Waals surface area (Å²) in [6, 6.07) is 10.7. The van der Waals surface area contributed by atoms with Gasteiger partial charge in [0, 0.05) is 23.3 Å². The van der Waals surface area contributed by atoms with Gasteiger partial charge in [0.15, 0.2) is 23.9 Å². The number of pyridine rings is 1. The van der Waals surface area contributed by atoms with Crippen LogP contribution in [-0.4, -0.2) is 24.3 Å². The van der Waals surface area contributed by atoms with Crippen LogP contribution in [0.1, 0.15) is 0 Å². The van der Waals surface area contributed by atoms with Crippen LogP contribution in [0.5, 0.6) is 17.2 Å². The number of rotatable bonds is 4. The Morgan fingerprint density at radius 2 is 2.12 bits per heavy atom. The van der Waals surface area contributed by atoms with Gasteiger partial charge < -0.3 is 19.5 Å². The number of hydrogen-bond acceptors (Lipinski definition) is 5.